The Morgan fingerprint density at radius 1 is 1.21 bits per heavy atom. The SMILES string of the molecule is Cc1nc(-c2c(C)c(C)nn(C)c2=O)sc1C(=O)NC1CCCCC1CN.Cl.Cl. The van der Waals surface area contributed by atoms with Gasteiger partial charge in [0.15, 0.2) is 0 Å². The van der Waals surface area contributed by atoms with E-state index in [1.165, 1.54) is 22.4 Å². The van der Waals surface area contributed by atoms with Gasteiger partial charge in [0.1, 0.15) is 9.88 Å². The van der Waals surface area contributed by atoms with E-state index in [-0.39, 0.29) is 42.3 Å². The van der Waals surface area contributed by atoms with Crippen LogP contribution in [0.3, 0.4) is 0 Å². The third-order valence-corrected chi connectivity index (χ3v) is 6.64. The molecule has 1 aliphatic rings. The molecule has 0 aromatic carbocycles. The summed E-state index contributed by atoms with van der Waals surface area (Å²) >= 11 is 1.27. The molecule has 0 saturated heterocycles. The molecule has 10 heteroatoms. The van der Waals surface area contributed by atoms with Gasteiger partial charge in [-0.25, -0.2) is 9.67 Å². The number of carbonyl (C=O) groups excluding carboxylic acids is 1. The van der Waals surface area contributed by atoms with Crippen molar-refractivity contribution in [3.05, 3.63) is 32.2 Å². The van der Waals surface area contributed by atoms with Gasteiger partial charge in [0.25, 0.3) is 11.5 Å². The topological polar surface area (TPSA) is 103 Å². The summed E-state index contributed by atoms with van der Waals surface area (Å²) in [5.41, 5.74) is 8.42. The molecule has 2 aromatic heterocycles. The van der Waals surface area contributed by atoms with Crippen LogP contribution in [-0.4, -0.2) is 33.3 Å². The second kappa shape index (κ2) is 10.5. The number of hydrogen-bond acceptors (Lipinski definition) is 6. The van der Waals surface area contributed by atoms with E-state index in [4.69, 9.17) is 5.73 Å². The van der Waals surface area contributed by atoms with Crippen LogP contribution in [0.15, 0.2) is 4.79 Å². The molecular weight excluding hydrogens is 433 g/mol. The van der Waals surface area contributed by atoms with Crippen LogP contribution in [0.4, 0.5) is 0 Å². The lowest BCUT2D eigenvalue weighted by molar-refractivity contribution is 0.0911. The van der Waals surface area contributed by atoms with Crippen molar-refractivity contribution in [1.82, 2.24) is 20.1 Å². The minimum Gasteiger partial charge on any atom is -0.348 e. The molecule has 1 fully saturated rings. The number of nitrogens with zero attached hydrogens (tertiary/aromatic N) is 3. The smallest absolute Gasteiger partial charge is 0.277 e. The maximum atomic E-state index is 12.9. The van der Waals surface area contributed by atoms with E-state index in [1.807, 2.05) is 20.8 Å². The molecule has 1 aliphatic carbocycles. The van der Waals surface area contributed by atoms with Crippen molar-refractivity contribution >= 4 is 42.1 Å². The fourth-order valence-electron chi connectivity index (χ4n) is 3.73. The minimum absolute atomic E-state index is 0. The highest BCUT2D eigenvalue weighted by atomic mass is 35.5. The predicted octanol–water partition coefficient (Wildman–Crippen LogP) is 2.92. The van der Waals surface area contributed by atoms with Gasteiger partial charge in [-0.15, -0.1) is 36.2 Å². The van der Waals surface area contributed by atoms with Crippen LogP contribution in [0.1, 0.15) is 52.3 Å². The summed E-state index contributed by atoms with van der Waals surface area (Å²) in [4.78, 5) is 30.5. The average Bonchev–Trinajstić information content (AvgIpc) is 3.02. The van der Waals surface area contributed by atoms with Gasteiger partial charge in [-0.2, -0.15) is 5.10 Å². The van der Waals surface area contributed by atoms with Crippen LogP contribution in [0, 0.1) is 26.7 Å². The maximum Gasteiger partial charge on any atom is 0.277 e. The van der Waals surface area contributed by atoms with Crippen LogP contribution in [0.2, 0.25) is 0 Å². The van der Waals surface area contributed by atoms with E-state index >= 15 is 0 Å². The lowest BCUT2D eigenvalue weighted by Crippen LogP contribution is -2.44. The van der Waals surface area contributed by atoms with Crippen LogP contribution in [-0.2, 0) is 7.05 Å². The molecule has 3 rings (SSSR count). The van der Waals surface area contributed by atoms with Crippen LogP contribution < -0.4 is 16.6 Å². The molecule has 0 aliphatic heterocycles. The second-order valence-electron chi connectivity index (χ2n) is 7.31. The first-order chi connectivity index (χ1) is 12.8. The molecule has 1 amide bonds. The Bertz CT molecular complexity index is 928. The van der Waals surface area contributed by atoms with Crippen molar-refractivity contribution in [2.24, 2.45) is 18.7 Å². The van der Waals surface area contributed by atoms with Crippen LogP contribution >= 0.6 is 36.2 Å². The van der Waals surface area contributed by atoms with Crippen molar-refractivity contribution in [3.8, 4) is 10.6 Å². The normalized spacial score (nSPS) is 18.5. The zero-order chi connectivity index (χ0) is 19.7. The second-order valence-corrected chi connectivity index (χ2v) is 8.31. The summed E-state index contributed by atoms with van der Waals surface area (Å²) in [6, 6.07) is 0.110. The summed E-state index contributed by atoms with van der Waals surface area (Å²) in [6.07, 6.45) is 4.29. The molecule has 0 radical (unpaired) electrons. The Morgan fingerprint density at radius 2 is 1.86 bits per heavy atom. The third-order valence-electron chi connectivity index (χ3n) is 5.47. The molecule has 2 heterocycles. The van der Waals surface area contributed by atoms with E-state index in [9.17, 15) is 9.59 Å². The molecule has 7 nitrogen and oxygen atoms in total. The van der Waals surface area contributed by atoms with E-state index in [0.29, 0.717) is 33.6 Å². The van der Waals surface area contributed by atoms with Gasteiger partial charge < -0.3 is 11.1 Å². The highest BCUT2D eigenvalue weighted by Gasteiger charge is 2.27. The van der Waals surface area contributed by atoms with Crippen molar-refractivity contribution in [2.75, 3.05) is 6.54 Å². The first-order valence-corrected chi connectivity index (χ1v) is 10.2. The minimum atomic E-state index is -0.200. The number of aromatic nitrogens is 3. The third kappa shape index (κ3) is 5.17. The Hall–Kier alpha value is -1.48. The number of nitrogens with one attached hydrogen (secondary N) is 1. The molecule has 2 unspecified atom stereocenters. The lowest BCUT2D eigenvalue weighted by atomic mass is 9.84. The van der Waals surface area contributed by atoms with Gasteiger partial charge in [0, 0.05) is 13.1 Å². The molecule has 1 saturated carbocycles. The molecule has 29 heavy (non-hydrogen) atoms. The predicted molar refractivity (Wildman–Crippen MR) is 122 cm³/mol. The summed E-state index contributed by atoms with van der Waals surface area (Å²) in [7, 11) is 1.63. The molecule has 3 N–H and O–H groups in total. The molecule has 2 aromatic rings. The van der Waals surface area contributed by atoms with Gasteiger partial charge in [0.2, 0.25) is 0 Å². The van der Waals surface area contributed by atoms with E-state index in [0.717, 1.165) is 30.5 Å². The number of halogens is 2. The number of rotatable bonds is 4. The first kappa shape index (κ1) is 25.6. The Kier molecular flexibility index (Phi) is 9.27. The monoisotopic (exact) mass is 461 g/mol. The van der Waals surface area contributed by atoms with E-state index in [1.54, 1.807) is 7.05 Å². The fourth-order valence-corrected chi connectivity index (χ4v) is 4.79. The standard InChI is InChI=1S/C19H27N5O2S.2ClH/c1-10-11(2)23-24(4)19(26)15(10)18-21-12(3)16(27-18)17(25)22-14-8-6-5-7-13(14)9-20;;/h13-14H,5-9,20H2,1-4H3,(H,22,25);2*1H. The zero-order valence-corrected chi connectivity index (χ0v) is 19.6. The molecule has 0 bridgehead atoms. The number of thiazole rings is 1. The first-order valence-electron chi connectivity index (χ1n) is 9.36. The van der Waals surface area contributed by atoms with Crippen molar-refractivity contribution in [3.63, 3.8) is 0 Å². The summed E-state index contributed by atoms with van der Waals surface area (Å²) < 4.78 is 1.32. The average molecular weight is 462 g/mol. The Balaban J connectivity index is 0.00000210. The molecule has 162 valence electrons. The van der Waals surface area contributed by atoms with Crippen molar-refractivity contribution < 1.29 is 4.79 Å². The van der Waals surface area contributed by atoms with Gasteiger partial charge in [-0.05, 0) is 51.6 Å². The quantitative estimate of drug-likeness (QED) is 0.728. The van der Waals surface area contributed by atoms with E-state index < -0.39 is 0 Å². The Labute approximate surface area is 187 Å². The largest absolute Gasteiger partial charge is 0.348 e. The number of amides is 1. The van der Waals surface area contributed by atoms with Crippen molar-refractivity contribution in [2.45, 2.75) is 52.5 Å². The molecule has 2 atom stereocenters. The number of aryl methyl sites for hydroxylation is 3. The molecular formula is C19H29Cl2N5O2S. The number of carbonyl (C=O) groups is 1. The molecule has 0 spiro atoms. The van der Waals surface area contributed by atoms with Crippen molar-refractivity contribution in [1.29, 1.82) is 0 Å². The van der Waals surface area contributed by atoms with Gasteiger partial charge >= 0.3 is 0 Å². The van der Waals surface area contributed by atoms with Crippen LogP contribution in [0.5, 0.6) is 0 Å². The highest BCUT2D eigenvalue weighted by Crippen LogP contribution is 2.29. The van der Waals surface area contributed by atoms with Gasteiger partial charge in [0.05, 0.1) is 17.0 Å². The number of nitrogens with two attached hydrogens (primary N) is 1. The summed E-state index contributed by atoms with van der Waals surface area (Å²) in [5.74, 6) is 0.203. The van der Waals surface area contributed by atoms with Gasteiger partial charge in [-0.1, -0.05) is 12.8 Å². The zero-order valence-electron chi connectivity index (χ0n) is 17.2. The van der Waals surface area contributed by atoms with E-state index in [2.05, 4.69) is 15.4 Å². The van der Waals surface area contributed by atoms with Gasteiger partial charge in [-0.3, -0.25) is 9.59 Å². The summed E-state index contributed by atoms with van der Waals surface area (Å²) in [6.45, 7) is 6.12. The maximum absolute atomic E-state index is 12.9. The highest BCUT2D eigenvalue weighted by molar-refractivity contribution is 7.17. The number of hydrogen-bond donors (Lipinski definition) is 2. The Morgan fingerprint density at radius 3 is 2.52 bits per heavy atom. The summed E-state index contributed by atoms with van der Waals surface area (Å²) in [5, 5.41) is 7.93. The van der Waals surface area contributed by atoms with Crippen LogP contribution in [0.25, 0.3) is 10.6 Å². The lowest BCUT2D eigenvalue weighted by Gasteiger charge is -2.31. The fraction of sp³-hybridized carbons (Fsp3) is 0.579.